The quantitative estimate of drug-likeness (QED) is 0.433. The van der Waals surface area contributed by atoms with Crippen LogP contribution in [0.5, 0.6) is 0 Å². The van der Waals surface area contributed by atoms with Crippen molar-refractivity contribution >= 4 is 6.29 Å². The summed E-state index contributed by atoms with van der Waals surface area (Å²) in [6, 6.07) is 0. The van der Waals surface area contributed by atoms with Gasteiger partial charge in [-0.1, -0.05) is 25.5 Å². The van der Waals surface area contributed by atoms with Crippen LogP contribution in [0.3, 0.4) is 0 Å². The van der Waals surface area contributed by atoms with Crippen molar-refractivity contribution in [3.05, 3.63) is 11.6 Å². The molecule has 0 aromatic carbocycles. The molecule has 0 aliphatic carbocycles. The number of hydrogen-bond acceptors (Lipinski definition) is 1. The fourth-order valence-corrected chi connectivity index (χ4v) is 0.823. The van der Waals surface area contributed by atoms with E-state index < -0.39 is 0 Å². The average Bonchev–Trinajstić information content (AvgIpc) is 1.88. The number of carbonyl (C=O) groups excluding carboxylic acids is 1. The topological polar surface area (TPSA) is 17.1 Å². The highest BCUT2D eigenvalue weighted by Gasteiger charge is 1.95. The van der Waals surface area contributed by atoms with Gasteiger partial charge in [0.25, 0.3) is 0 Å². The first-order valence-corrected chi connectivity index (χ1v) is 3.81. The molecule has 0 radical (unpaired) electrons. The van der Waals surface area contributed by atoms with E-state index in [9.17, 15) is 4.79 Å². The zero-order valence-electron chi connectivity index (χ0n) is 7.05. The molecule has 1 atom stereocenters. The Morgan fingerprint density at radius 3 is 2.60 bits per heavy atom. The van der Waals surface area contributed by atoms with Gasteiger partial charge in [0, 0.05) is 6.42 Å². The molecule has 0 N–H and O–H groups in total. The molecule has 0 aromatic heterocycles. The largest absolute Gasteiger partial charge is 0.303 e. The van der Waals surface area contributed by atoms with Gasteiger partial charge in [-0.3, -0.25) is 0 Å². The van der Waals surface area contributed by atoms with Gasteiger partial charge < -0.3 is 4.79 Å². The van der Waals surface area contributed by atoms with Gasteiger partial charge in [0.05, 0.1) is 0 Å². The Balaban J connectivity index is 3.73. The van der Waals surface area contributed by atoms with Crippen molar-refractivity contribution in [2.75, 3.05) is 0 Å². The van der Waals surface area contributed by atoms with Gasteiger partial charge in [0.15, 0.2) is 0 Å². The predicted octanol–water partition coefficient (Wildman–Crippen LogP) is 2.57. The van der Waals surface area contributed by atoms with Crippen molar-refractivity contribution in [1.29, 1.82) is 0 Å². The second-order valence-corrected chi connectivity index (χ2v) is 2.75. The minimum absolute atomic E-state index is 0.414. The summed E-state index contributed by atoms with van der Waals surface area (Å²) >= 11 is 0. The summed E-state index contributed by atoms with van der Waals surface area (Å²) in [7, 11) is 0. The second-order valence-electron chi connectivity index (χ2n) is 2.75. The molecule has 0 heterocycles. The number of carbonyl (C=O) groups is 1. The highest BCUT2D eigenvalue weighted by molar-refractivity contribution is 5.50. The molecule has 1 heteroatoms. The summed E-state index contributed by atoms with van der Waals surface area (Å²) in [6.07, 6.45) is 4.87. The highest BCUT2D eigenvalue weighted by atomic mass is 16.1. The van der Waals surface area contributed by atoms with Crippen LogP contribution in [0.15, 0.2) is 11.6 Å². The molecule has 0 amide bonds. The zero-order valence-corrected chi connectivity index (χ0v) is 7.05. The van der Waals surface area contributed by atoms with Gasteiger partial charge in [0.2, 0.25) is 0 Å². The van der Waals surface area contributed by atoms with Crippen LogP contribution < -0.4 is 0 Å². The third-order valence-corrected chi connectivity index (χ3v) is 1.59. The predicted molar refractivity (Wildman–Crippen MR) is 43.9 cm³/mol. The molecule has 0 spiro atoms. The van der Waals surface area contributed by atoms with Crippen LogP contribution in [-0.4, -0.2) is 6.29 Å². The monoisotopic (exact) mass is 140 g/mol. The van der Waals surface area contributed by atoms with Gasteiger partial charge in [-0.2, -0.15) is 0 Å². The summed E-state index contributed by atoms with van der Waals surface area (Å²) in [5.74, 6) is 0.414. The van der Waals surface area contributed by atoms with Crippen molar-refractivity contribution in [3.8, 4) is 0 Å². The molecule has 0 aliphatic rings. The van der Waals surface area contributed by atoms with E-state index in [1.165, 1.54) is 5.57 Å². The molecule has 10 heavy (non-hydrogen) atoms. The summed E-state index contributed by atoms with van der Waals surface area (Å²) < 4.78 is 0. The maximum atomic E-state index is 10.1. The fraction of sp³-hybridized carbons (Fsp3) is 0.667. The second kappa shape index (κ2) is 5.21. The van der Waals surface area contributed by atoms with E-state index >= 15 is 0 Å². The van der Waals surface area contributed by atoms with E-state index in [0.29, 0.717) is 12.3 Å². The van der Waals surface area contributed by atoms with E-state index in [1.54, 1.807) is 0 Å². The van der Waals surface area contributed by atoms with Crippen molar-refractivity contribution in [2.24, 2.45) is 5.92 Å². The SMILES string of the molecule is CCC(C)=CC(C)CC=O. The molecule has 0 saturated heterocycles. The van der Waals surface area contributed by atoms with Crippen molar-refractivity contribution in [2.45, 2.75) is 33.6 Å². The first-order valence-electron chi connectivity index (χ1n) is 3.81. The summed E-state index contributed by atoms with van der Waals surface area (Å²) in [5.41, 5.74) is 1.37. The number of allylic oxidation sites excluding steroid dienone is 2. The maximum absolute atomic E-state index is 10.1. The third-order valence-electron chi connectivity index (χ3n) is 1.59. The third kappa shape index (κ3) is 4.30. The molecule has 1 unspecified atom stereocenters. The lowest BCUT2D eigenvalue weighted by Crippen LogP contribution is -1.91. The maximum Gasteiger partial charge on any atom is 0.120 e. The number of aldehydes is 1. The van der Waals surface area contributed by atoms with Crippen LogP contribution in [0.4, 0.5) is 0 Å². The van der Waals surface area contributed by atoms with E-state index in [1.807, 2.05) is 0 Å². The average molecular weight is 140 g/mol. The van der Waals surface area contributed by atoms with Crippen LogP contribution in [0.25, 0.3) is 0 Å². The van der Waals surface area contributed by atoms with Crippen LogP contribution in [0.2, 0.25) is 0 Å². The van der Waals surface area contributed by atoms with E-state index in [-0.39, 0.29) is 0 Å². The lowest BCUT2D eigenvalue weighted by Gasteiger charge is -2.01. The van der Waals surface area contributed by atoms with Crippen molar-refractivity contribution < 1.29 is 4.79 Å². The van der Waals surface area contributed by atoms with Gasteiger partial charge in [-0.25, -0.2) is 0 Å². The van der Waals surface area contributed by atoms with Crippen LogP contribution in [0.1, 0.15) is 33.6 Å². The number of hydrogen-bond donors (Lipinski definition) is 0. The highest BCUT2D eigenvalue weighted by Crippen LogP contribution is 2.07. The Labute approximate surface area is 63.1 Å². The molecular weight excluding hydrogens is 124 g/mol. The lowest BCUT2D eigenvalue weighted by molar-refractivity contribution is -0.108. The van der Waals surface area contributed by atoms with Gasteiger partial charge in [0.1, 0.15) is 6.29 Å². The Bertz CT molecular complexity index is 125. The molecule has 0 bridgehead atoms. The molecular formula is C9H16O. The number of rotatable bonds is 4. The molecule has 0 saturated carbocycles. The zero-order chi connectivity index (χ0) is 7.98. The van der Waals surface area contributed by atoms with Gasteiger partial charge in [-0.05, 0) is 19.3 Å². The molecule has 0 rings (SSSR count). The minimum atomic E-state index is 0.414. The van der Waals surface area contributed by atoms with Crippen LogP contribution in [0, 0.1) is 5.92 Å². The minimum Gasteiger partial charge on any atom is -0.303 e. The first-order chi connectivity index (χ1) is 4.70. The Kier molecular flexibility index (Phi) is 4.91. The standard InChI is InChI=1S/C9H16O/c1-4-8(2)7-9(3)5-6-10/h6-7,9H,4-5H2,1-3H3. The van der Waals surface area contributed by atoms with Gasteiger partial charge in [-0.15, -0.1) is 0 Å². The van der Waals surface area contributed by atoms with E-state index in [4.69, 9.17) is 0 Å². The van der Waals surface area contributed by atoms with Crippen LogP contribution in [-0.2, 0) is 4.79 Å². The Morgan fingerprint density at radius 2 is 2.20 bits per heavy atom. The normalized spacial score (nSPS) is 14.9. The summed E-state index contributed by atoms with van der Waals surface area (Å²) in [4.78, 5) is 10.1. The summed E-state index contributed by atoms with van der Waals surface area (Å²) in [6.45, 7) is 6.29. The summed E-state index contributed by atoms with van der Waals surface area (Å²) in [5, 5.41) is 0. The van der Waals surface area contributed by atoms with Gasteiger partial charge >= 0.3 is 0 Å². The molecule has 58 valence electrons. The van der Waals surface area contributed by atoms with E-state index in [0.717, 1.165) is 12.7 Å². The van der Waals surface area contributed by atoms with Crippen molar-refractivity contribution in [3.63, 3.8) is 0 Å². The molecule has 0 aliphatic heterocycles. The fourth-order valence-electron chi connectivity index (χ4n) is 0.823. The molecule has 0 aromatic rings. The Hall–Kier alpha value is -0.590. The Morgan fingerprint density at radius 1 is 1.60 bits per heavy atom. The smallest absolute Gasteiger partial charge is 0.120 e. The first kappa shape index (κ1) is 9.41. The lowest BCUT2D eigenvalue weighted by atomic mass is 10.0. The molecule has 1 nitrogen and oxygen atoms in total. The van der Waals surface area contributed by atoms with Crippen LogP contribution >= 0.6 is 0 Å². The van der Waals surface area contributed by atoms with Crippen molar-refractivity contribution in [1.82, 2.24) is 0 Å². The van der Waals surface area contributed by atoms with E-state index in [2.05, 4.69) is 26.8 Å². The molecule has 0 fully saturated rings.